The third-order valence-corrected chi connectivity index (χ3v) is 3.39. The lowest BCUT2D eigenvalue weighted by atomic mass is 9.93. The number of ether oxygens (including phenoxy) is 2. The highest BCUT2D eigenvalue weighted by molar-refractivity contribution is 6.32. The van der Waals surface area contributed by atoms with Crippen molar-refractivity contribution in [3.05, 3.63) is 22.7 Å². The van der Waals surface area contributed by atoms with Crippen molar-refractivity contribution in [2.75, 3.05) is 14.2 Å². The van der Waals surface area contributed by atoms with Gasteiger partial charge < -0.3 is 15.2 Å². The minimum absolute atomic E-state index is 0.215. The van der Waals surface area contributed by atoms with Crippen LogP contribution in [0, 0.1) is 0 Å². The molecule has 1 rings (SSSR count). The summed E-state index contributed by atoms with van der Waals surface area (Å²) in [6.07, 6.45) is 1.99. The van der Waals surface area contributed by atoms with Crippen molar-refractivity contribution in [2.45, 2.75) is 38.6 Å². The Hall–Kier alpha value is -0.930. The molecule has 0 saturated heterocycles. The Bertz CT molecular complexity index is 394. The molecule has 0 aromatic heterocycles. The van der Waals surface area contributed by atoms with E-state index in [0.717, 1.165) is 24.2 Å². The zero-order valence-electron chi connectivity index (χ0n) is 11.5. The van der Waals surface area contributed by atoms with Gasteiger partial charge in [0.05, 0.1) is 19.2 Å². The number of methoxy groups -OCH3 is 2. The maximum Gasteiger partial charge on any atom is 0.141 e. The molecule has 0 radical (unpaired) electrons. The van der Waals surface area contributed by atoms with Gasteiger partial charge in [0.2, 0.25) is 0 Å². The highest BCUT2D eigenvalue weighted by Gasteiger charge is 2.15. The van der Waals surface area contributed by atoms with E-state index in [-0.39, 0.29) is 6.04 Å². The van der Waals surface area contributed by atoms with E-state index in [1.54, 1.807) is 14.2 Å². The molecule has 0 bridgehead atoms. The molecule has 0 amide bonds. The minimum Gasteiger partial charge on any atom is -0.496 e. The van der Waals surface area contributed by atoms with Gasteiger partial charge in [0, 0.05) is 12.1 Å². The topological polar surface area (TPSA) is 44.5 Å². The molecule has 1 aromatic rings. The average molecular weight is 272 g/mol. The fraction of sp³-hybridized carbons (Fsp3) is 0.571. The van der Waals surface area contributed by atoms with Crippen LogP contribution in [-0.2, 0) is 0 Å². The van der Waals surface area contributed by atoms with E-state index in [9.17, 15) is 0 Å². The first-order valence-electron chi connectivity index (χ1n) is 6.16. The summed E-state index contributed by atoms with van der Waals surface area (Å²) in [6, 6.07) is 3.97. The van der Waals surface area contributed by atoms with Gasteiger partial charge in [-0.05, 0) is 37.3 Å². The monoisotopic (exact) mass is 271 g/mol. The van der Waals surface area contributed by atoms with E-state index in [2.05, 4.69) is 6.92 Å². The van der Waals surface area contributed by atoms with Crippen LogP contribution in [0.5, 0.6) is 11.5 Å². The summed E-state index contributed by atoms with van der Waals surface area (Å²) in [4.78, 5) is 0. The first-order chi connectivity index (χ1) is 8.49. The standard InChI is InChI=1S/C14H22ClNO2/c1-9(5-6-10(2)16)11-7-12(15)14(18-4)8-13(11)17-3/h7-10H,5-6,16H2,1-4H3. The number of rotatable bonds is 6. The molecule has 18 heavy (non-hydrogen) atoms. The van der Waals surface area contributed by atoms with Crippen LogP contribution in [0.4, 0.5) is 0 Å². The first-order valence-corrected chi connectivity index (χ1v) is 6.54. The van der Waals surface area contributed by atoms with Crippen LogP contribution in [0.15, 0.2) is 12.1 Å². The van der Waals surface area contributed by atoms with Crippen LogP contribution in [0.25, 0.3) is 0 Å². The molecule has 0 aliphatic carbocycles. The Labute approximate surface area is 114 Å². The molecule has 102 valence electrons. The molecular formula is C14H22ClNO2. The Kier molecular flexibility index (Phi) is 5.76. The Morgan fingerprint density at radius 1 is 1.11 bits per heavy atom. The fourth-order valence-corrected chi connectivity index (χ4v) is 2.19. The molecule has 4 heteroatoms. The second-order valence-electron chi connectivity index (χ2n) is 4.68. The van der Waals surface area contributed by atoms with Gasteiger partial charge in [-0.15, -0.1) is 0 Å². The van der Waals surface area contributed by atoms with E-state index in [1.807, 2.05) is 19.1 Å². The van der Waals surface area contributed by atoms with E-state index < -0.39 is 0 Å². The highest BCUT2D eigenvalue weighted by Crippen LogP contribution is 2.37. The number of halogens is 1. The van der Waals surface area contributed by atoms with Crippen molar-refractivity contribution < 1.29 is 9.47 Å². The van der Waals surface area contributed by atoms with Crippen molar-refractivity contribution in [1.29, 1.82) is 0 Å². The SMILES string of the molecule is COc1cc(OC)c(C(C)CCC(C)N)cc1Cl. The first kappa shape index (κ1) is 15.1. The maximum absolute atomic E-state index is 6.16. The molecule has 3 nitrogen and oxygen atoms in total. The maximum atomic E-state index is 6.16. The van der Waals surface area contributed by atoms with Crippen molar-refractivity contribution in [3.63, 3.8) is 0 Å². The lowest BCUT2D eigenvalue weighted by Gasteiger charge is -2.18. The molecule has 2 atom stereocenters. The van der Waals surface area contributed by atoms with E-state index in [4.69, 9.17) is 26.8 Å². The Morgan fingerprint density at radius 3 is 2.22 bits per heavy atom. The number of benzene rings is 1. The number of hydrogen-bond acceptors (Lipinski definition) is 3. The largest absolute Gasteiger partial charge is 0.496 e. The zero-order valence-corrected chi connectivity index (χ0v) is 12.3. The quantitative estimate of drug-likeness (QED) is 0.860. The predicted molar refractivity (Wildman–Crippen MR) is 75.9 cm³/mol. The summed E-state index contributed by atoms with van der Waals surface area (Å²) in [7, 11) is 3.25. The summed E-state index contributed by atoms with van der Waals surface area (Å²) >= 11 is 6.16. The molecule has 0 spiro atoms. The molecule has 2 N–H and O–H groups in total. The lowest BCUT2D eigenvalue weighted by molar-refractivity contribution is 0.387. The van der Waals surface area contributed by atoms with Crippen LogP contribution in [0.2, 0.25) is 5.02 Å². The van der Waals surface area contributed by atoms with Gasteiger partial charge in [0.1, 0.15) is 11.5 Å². The normalized spacial score (nSPS) is 14.1. The van der Waals surface area contributed by atoms with Crippen molar-refractivity contribution in [3.8, 4) is 11.5 Å². The molecular weight excluding hydrogens is 250 g/mol. The minimum atomic E-state index is 0.215. The molecule has 0 heterocycles. The molecule has 0 aliphatic heterocycles. The van der Waals surface area contributed by atoms with Gasteiger partial charge >= 0.3 is 0 Å². The molecule has 1 aromatic carbocycles. The van der Waals surface area contributed by atoms with Gasteiger partial charge in [0.15, 0.2) is 0 Å². The number of nitrogens with two attached hydrogens (primary N) is 1. The zero-order chi connectivity index (χ0) is 13.7. The van der Waals surface area contributed by atoms with E-state index in [1.165, 1.54) is 0 Å². The lowest BCUT2D eigenvalue weighted by Crippen LogP contribution is -2.15. The summed E-state index contributed by atoms with van der Waals surface area (Å²) in [5.41, 5.74) is 6.89. The van der Waals surface area contributed by atoms with E-state index in [0.29, 0.717) is 16.7 Å². The third kappa shape index (κ3) is 3.79. The molecule has 0 aliphatic rings. The Morgan fingerprint density at radius 2 is 1.72 bits per heavy atom. The third-order valence-electron chi connectivity index (χ3n) is 3.09. The molecule has 0 saturated carbocycles. The van der Waals surface area contributed by atoms with Gasteiger partial charge in [-0.2, -0.15) is 0 Å². The van der Waals surface area contributed by atoms with Crippen LogP contribution in [0.1, 0.15) is 38.2 Å². The van der Waals surface area contributed by atoms with Gasteiger partial charge in [-0.25, -0.2) is 0 Å². The van der Waals surface area contributed by atoms with Gasteiger partial charge in [0.25, 0.3) is 0 Å². The van der Waals surface area contributed by atoms with Crippen LogP contribution < -0.4 is 15.2 Å². The summed E-state index contributed by atoms with van der Waals surface area (Å²) in [5.74, 6) is 1.81. The van der Waals surface area contributed by atoms with Crippen LogP contribution in [-0.4, -0.2) is 20.3 Å². The van der Waals surface area contributed by atoms with Crippen LogP contribution in [0.3, 0.4) is 0 Å². The highest BCUT2D eigenvalue weighted by atomic mass is 35.5. The van der Waals surface area contributed by atoms with Gasteiger partial charge in [-0.1, -0.05) is 18.5 Å². The van der Waals surface area contributed by atoms with E-state index >= 15 is 0 Å². The summed E-state index contributed by atoms with van der Waals surface area (Å²) < 4.78 is 10.6. The predicted octanol–water partition coefficient (Wildman–Crippen LogP) is 3.59. The van der Waals surface area contributed by atoms with Crippen LogP contribution >= 0.6 is 11.6 Å². The molecule has 2 unspecified atom stereocenters. The van der Waals surface area contributed by atoms with Crippen molar-refractivity contribution in [2.24, 2.45) is 5.73 Å². The Balaban J connectivity index is 2.96. The number of hydrogen-bond donors (Lipinski definition) is 1. The smallest absolute Gasteiger partial charge is 0.141 e. The summed E-state index contributed by atoms with van der Waals surface area (Å²) in [5, 5.41) is 0.612. The van der Waals surface area contributed by atoms with Crippen molar-refractivity contribution >= 4 is 11.6 Å². The second kappa shape index (κ2) is 6.86. The second-order valence-corrected chi connectivity index (χ2v) is 5.09. The van der Waals surface area contributed by atoms with Gasteiger partial charge in [-0.3, -0.25) is 0 Å². The average Bonchev–Trinajstić information content (AvgIpc) is 2.35. The van der Waals surface area contributed by atoms with Crippen molar-refractivity contribution in [1.82, 2.24) is 0 Å². The summed E-state index contributed by atoms with van der Waals surface area (Å²) in [6.45, 7) is 4.17. The fourth-order valence-electron chi connectivity index (χ4n) is 1.94. The molecule has 0 fully saturated rings.